The Balaban J connectivity index is 0.00000338. The first-order valence-electron chi connectivity index (χ1n) is 9.15. The number of nitrogens with zero attached hydrogens (tertiary/aromatic N) is 1. The largest absolute Gasteiger partial charge is 0.356 e. The first-order valence-corrected chi connectivity index (χ1v) is 9.53. The SMILES string of the molecule is CN=C(NCCC(=O)NC1CCCCC1)NCCc1cccc(Cl)c1.I. The molecule has 0 aliphatic heterocycles. The van der Waals surface area contributed by atoms with Crippen molar-refractivity contribution in [2.75, 3.05) is 20.1 Å². The van der Waals surface area contributed by atoms with E-state index in [0.29, 0.717) is 25.0 Å². The van der Waals surface area contributed by atoms with Crippen LogP contribution in [0.5, 0.6) is 0 Å². The molecule has 0 aromatic heterocycles. The van der Waals surface area contributed by atoms with E-state index in [1.807, 2.05) is 18.2 Å². The van der Waals surface area contributed by atoms with Crippen LogP contribution in [0.2, 0.25) is 5.02 Å². The Morgan fingerprint density at radius 3 is 2.62 bits per heavy atom. The zero-order valence-electron chi connectivity index (χ0n) is 15.4. The molecule has 0 atom stereocenters. The van der Waals surface area contributed by atoms with Crippen molar-refractivity contribution in [3.63, 3.8) is 0 Å². The molecule has 1 amide bonds. The van der Waals surface area contributed by atoms with Crippen molar-refractivity contribution in [3.05, 3.63) is 34.9 Å². The van der Waals surface area contributed by atoms with Gasteiger partial charge < -0.3 is 16.0 Å². The van der Waals surface area contributed by atoms with Gasteiger partial charge in [0, 0.05) is 37.6 Å². The molecule has 0 saturated heterocycles. The molecule has 0 spiro atoms. The number of aliphatic imine (C=N–C) groups is 1. The summed E-state index contributed by atoms with van der Waals surface area (Å²) in [6, 6.07) is 8.22. The fourth-order valence-electron chi connectivity index (χ4n) is 3.08. The van der Waals surface area contributed by atoms with E-state index in [2.05, 4.69) is 27.0 Å². The number of nitrogens with one attached hydrogen (secondary N) is 3. The van der Waals surface area contributed by atoms with Gasteiger partial charge in [0.2, 0.25) is 5.91 Å². The number of carbonyl (C=O) groups excluding carboxylic acids is 1. The maximum Gasteiger partial charge on any atom is 0.221 e. The summed E-state index contributed by atoms with van der Waals surface area (Å²) in [6.07, 6.45) is 7.32. The first kappa shape index (κ1) is 23.0. The summed E-state index contributed by atoms with van der Waals surface area (Å²) in [5.41, 5.74) is 1.18. The van der Waals surface area contributed by atoms with E-state index in [9.17, 15) is 4.79 Å². The molecular formula is C19H30ClIN4O. The highest BCUT2D eigenvalue weighted by Gasteiger charge is 2.15. The third kappa shape index (κ3) is 9.07. The second kappa shape index (κ2) is 13.2. The highest BCUT2D eigenvalue weighted by molar-refractivity contribution is 14.0. The molecule has 0 bridgehead atoms. The van der Waals surface area contributed by atoms with Gasteiger partial charge in [0.05, 0.1) is 0 Å². The van der Waals surface area contributed by atoms with E-state index < -0.39 is 0 Å². The number of amides is 1. The van der Waals surface area contributed by atoms with Crippen LogP contribution in [0.1, 0.15) is 44.1 Å². The first-order chi connectivity index (χ1) is 12.2. The van der Waals surface area contributed by atoms with Crippen molar-refractivity contribution in [2.45, 2.75) is 51.0 Å². The van der Waals surface area contributed by atoms with Crippen LogP contribution < -0.4 is 16.0 Å². The third-order valence-corrected chi connectivity index (χ3v) is 4.67. The summed E-state index contributed by atoms with van der Waals surface area (Å²) in [5, 5.41) is 10.3. The number of hydrogen-bond acceptors (Lipinski definition) is 2. The molecule has 5 nitrogen and oxygen atoms in total. The standard InChI is InChI=1S/C19H29ClN4O.HI/c1-21-19(22-12-10-15-6-5-7-16(20)14-15)23-13-11-18(25)24-17-8-3-2-4-9-17;/h5-7,14,17H,2-4,8-13H2,1H3,(H,24,25)(H2,21,22,23);1H. The average Bonchev–Trinajstić information content (AvgIpc) is 2.61. The van der Waals surface area contributed by atoms with Gasteiger partial charge >= 0.3 is 0 Å². The van der Waals surface area contributed by atoms with Gasteiger partial charge in [0.15, 0.2) is 5.96 Å². The Labute approximate surface area is 178 Å². The van der Waals surface area contributed by atoms with E-state index >= 15 is 0 Å². The summed E-state index contributed by atoms with van der Waals surface area (Å²) < 4.78 is 0. The average molecular weight is 493 g/mol. The minimum Gasteiger partial charge on any atom is -0.356 e. The maximum absolute atomic E-state index is 12.0. The lowest BCUT2D eigenvalue weighted by molar-refractivity contribution is -0.121. The smallest absolute Gasteiger partial charge is 0.221 e. The van der Waals surface area contributed by atoms with E-state index in [0.717, 1.165) is 30.8 Å². The molecule has 7 heteroatoms. The van der Waals surface area contributed by atoms with Crippen LogP contribution >= 0.6 is 35.6 Å². The number of benzene rings is 1. The number of carbonyl (C=O) groups is 1. The highest BCUT2D eigenvalue weighted by Crippen LogP contribution is 2.17. The van der Waals surface area contributed by atoms with Gasteiger partial charge in [-0.15, -0.1) is 24.0 Å². The third-order valence-electron chi connectivity index (χ3n) is 4.43. The van der Waals surface area contributed by atoms with E-state index in [1.165, 1.54) is 24.8 Å². The zero-order valence-corrected chi connectivity index (χ0v) is 18.5. The Kier molecular flexibility index (Phi) is 11.7. The van der Waals surface area contributed by atoms with E-state index in [-0.39, 0.29) is 29.9 Å². The van der Waals surface area contributed by atoms with Gasteiger partial charge in [-0.1, -0.05) is 43.0 Å². The Morgan fingerprint density at radius 2 is 1.92 bits per heavy atom. The lowest BCUT2D eigenvalue weighted by Crippen LogP contribution is -2.41. The van der Waals surface area contributed by atoms with Crippen molar-refractivity contribution in [2.24, 2.45) is 4.99 Å². The Bertz CT molecular complexity index is 576. The lowest BCUT2D eigenvalue weighted by atomic mass is 9.95. The number of halogens is 2. The molecule has 1 saturated carbocycles. The van der Waals surface area contributed by atoms with Gasteiger partial charge in [-0.05, 0) is 37.0 Å². The van der Waals surface area contributed by atoms with Gasteiger partial charge in [0.25, 0.3) is 0 Å². The lowest BCUT2D eigenvalue weighted by Gasteiger charge is -2.22. The molecule has 1 aromatic carbocycles. The quantitative estimate of drug-likeness (QED) is 0.310. The zero-order chi connectivity index (χ0) is 17.9. The Morgan fingerprint density at radius 1 is 1.19 bits per heavy atom. The summed E-state index contributed by atoms with van der Waals surface area (Å²) in [7, 11) is 1.73. The fourth-order valence-corrected chi connectivity index (χ4v) is 3.29. The van der Waals surface area contributed by atoms with Crippen LogP contribution in [0.15, 0.2) is 29.3 Å². The molecule has 26 heavy (non-hydrogen) atoms. The Hall–Kier alpha value is -1.02. The van der Waals surface area contributed by atoms with Crippen LogP contribution in [-0.4, -0.2) is 38.0 Å². The van der Waals surface area contributed by atoms with E-state index in [1.54, 1.807) is 7.05 Å². The maximum atomic E-state index is 12.0. The van der Waals surface area contributed by atoms with Crippen molar-refractivity contribution < 1.29 is 4.79 Å². The summed E-state index contributed by atoms with van der Waals surface area (Å²) in [4.78, 5) is 16.2. The van der Waals surface area contributed by atoms with Crippen LogP contribution in [0.4, 0.5) is 0 Å². The van der Waals surface area contributed by atoms with Crippen molar-refractivity contribution in [1.29, 1.82) is 0 Å². The molecule has 1 aromatic rings. The molecule has 0 heterocycles. The summed E-state index contributed by atoms with van der Waals surface area (Å²) in [5.74, 6) is 0.835. The summed E-state index contributed by atoms with van der Waals surface area (Å²) in [6.45, 7) is 1.34. The normalized spacial score (nSPS) is 15.1. The fraction of sp³-hybridized carbons (Fsp3) is 0.579. The molecular weight excluding hydrogens is 463 g/mol. The number of rotatable bonds is 7. The highest BCUT2D eigenvalue weighted by atomic mass is 127. The van der Waals surface area contributed by atoms with Gasteiger partial charge in [0.1, 0.15) is 0 Å². The van der Waals surface area contributed by atoms with Crippen molar-refractivity contribution in [1.82, 2.24) is 16.0 Å². The van der Waals surface area contributed by atoms with Crippen molar-refractivity contribution in [3.8, 4) is 0 Å². The molecule has 1 aliphatic carbocycles. The van der Waals surface area contributed by atoms with Crippen molar-refractivity contribution >= 4 is 47.4 Å². The van der Waals surface area contributed by atoms with Crippen LogP contribution in [0.3, 0.4) is 0 Å². The molecule has 1 aliphatic rings. The molecule has 2 rings (SSSR count). The predicted octanol–water partition coefficient (Wildman–Crippen LogP) is 3.50. The molecule has 0 radical (unpaired) electrons. The van der Waals surface area contributed by atoms with E-state index in [4.69, 9.17) is 11.6 Å². The van der Waals surface area contributed by atoms with Crippen LogP contribution in [0.25, 0.3) is 0 Å². The second-order valence-corrected chi connectivity index (χ2v) is 6.89. The minimum atomic E-state index is 0. The minimum absolute atomic E-state index is 0. The molecule has 0 unspecified atom stereocenters. The number of guanidine groups is 1. The van der Waals surface area contributed by atoms with Gasteiger partial charge in [-0.25, -0.2) is 0 Å². The van der Waals surface area contributed by atoms with Crippen LogP contribution in [-0.2, 0) is 11.2 Å². The van der Waals surface area contributed by atoms with Gasteiger partial charge in [-0.3, -0.25) is 9.79 Å². The topological polar surface area (TPSA) is 65.5 Å². The molecule has 146 valence electrons. The predicted molar refractivity (Wildman–Crippen MR) is 120 cm³/mol. The monoisotopic (exact) mass is 492 g/mol. The summed E-state index contributed by atoms with van der Waals surface area (Å²) >= 11 is 5.99. The molecule has 1 fully saturated rings. The second-order valence-electron chi connectivity index (χ2n) is 6.46. The number of hydrogen-bond donors (Lipinski definition) is 3. The van der Waals surface area contributed by atoms with Gasteiger partial charge in [-0.2, -0.15) is 0 Å². The van der Waals surface area contributed by atoms with Crippen LogP contribution in [0, 0.1) is 0 Å². The molecule has 3 N–H and O–H groups in total.